The molecule has 1 N–H and O–H groups in total. The van der Waals surface area contributed by atoms with E-state index in [1.165, 1.54) is 22.5 Å². The lowest BCUT2D eigenvalue weighted by Crippen LogP contribution is -2.48. The number of thiazole rings is 1. The maximum absolute atomic E-state index is 12.8. The van der Waals surface area contributed by atoms with Gasteiger partial charge in [-0.2, -0.15) is 0 Å². The Morgan fingerprint density at radius 3 is 2.75 bits per heavy atom. The van der Waals surface area contributed by atoms with E-state index in [0.29, 0.717) is 12.2 Å². The van der Waals surface area contributed by atoms with E-state index >= 15 is 0 Å². The summed E-state index contributed by atoms with van der Waals surface area (Å²) in [6.45, 7) is 6.30. The highest BCUT2D eigenvalue weighted by Crippen LogP contribution is 2.28. The van der Waals surface area contributed by atoms with Crippen molar-refractivity contribution in [1.29, 1.82) is 0 Å². The smallest absolute Gasteiger partial charge is 0.273 e. The summed E-state index contributed by atoms with van der Waals surface area (Å²) in [6, 6.07) is 8.25. The van der Waals surface area contributed by atoms with Crippen LogP contribution < -0.4 is 0 Å². The number of amides is 1. The number of nitrogens with zero attached hydrogens (tertiary/aromatic N) is 2. The van der Waals surface area contributed by atoms with Crippen LogP contribution in [-0.4, -0.2) is 39.1 Å². The summed E-state index contributed by atoms with van der Waals surface area (Å²) in [5.74, 6) is -0.0639. The summed E-state index contributed by atoms with van der Waals surface area (Å²) in [5, 5.41) is 13.1. The predicted octanol–water partition coefficient (Wildman–Crippen LogP) is 3.42. The number of rotatable bonds is 4. The monoisotopic (exact) mass is 344 g/mol. The Morgan fingerprint density at radius 1 is 1.38 bits per heavy atom. The SMILES string of the molecule is Cc1ccc(Cc2nc(C(=O)N3CCCC3C(C)(C)O)cs2)cc1. The van der Waals surface area contributed by atoms with Crippen molar-refractivity contribution in [2.24, 2.45) is 0 Å². The maximum Gasteiger partial charge on any atom is 0.273 e. The van der Waals surface area contributed by atoms with Crippen molar-refractivity contribution in [3.63, 3.8) is 0 Å². The van der Waals surface area contributed by atoms with Gasteiger partial charge >= 0.3 is 0 Å². The van der Waals surface area contributed by atoms with Crippen molar-refractivity contribution in [2.75, 3.05) is 6.54 Å². The molecule has 128 valence electrons. The lowest BCUT2D eigenvalue weighted by Gasteiger charge is -2.33. The quantitative estimate of drug-likeness (QED) is 0.925. The van der Waals surface area contributed by atoms with Gasteiger partial charge in [-0.25, -0.2) is 4.98 Å². The van der Waals surface area contributed by atoms with Crippen LogP contribution in [0.1, 0.15) is 53.3 Å². The topological polar surface area (TPSA) is 53.4 Å². The number of carbonyl (C=O) groups is 1. The van der Waals surface area contributed by atoms with Crippen LogP contribution in [0.25, 0.3) is 0 Å². The molecule has 1 aliphatic heterocycles. The van der Waals surface area contributed by atoms with E-state index in [4.69, 9.17) is 0 Å². The number of aryl methyl sites for hydroxylation is 1. The number of carbonyl (C=O) groups excluding carboxylic acids is 1. The van der Waals surface area contributed by atoms with E-state index in [1.54, 1.807) is 18.7 Å². The van der Waals surface area contributed by atoms with E-state index in [9.17, 15) is 9.90 Å². The molecule has 5 heteroatoms. The first-order chi connectivity index (χ1) is 11.3. The minimum absolute atomic E-state index is 0.0639. The van der Waals surface area contributed by atoms with E-state index in [2.05, 4.69) is 36.2 Å². The van der Waals surface area contributed by atoms with Crippen LogP contribution >= 0.6 is 11.3 Å². The summed E-state index contributed by atoms with van der Waals surface area (Å²) in [5.41, 5.74) is 2.05. The zero-order chi connectivity index (χ0) is 17.3. The van der Waals surface area contributed by atoms with Gasteiger partial charge in [0.15, 0.2) is 0 Å². The van der Waals surface area contributed by atoms with Crippen LogP contribution in [0.5, 0.6) is 0 Å². The molecule has 0 bridgehead atoms. The highest BCUT2D eigenvalue weighted by molar-refractivity contribution is 7.09. The average molecular weight is 344 g/mol. The minimum Gasteiger partial charge on any atom is -0.388 e. The van der Waals surface area contributed by atoms with Crippen molar-refractivity contribution in [2.45, 2.75) is 51.7 Å². The van der Waals surface area contributed by atoms with Crippen LogP contribution in [0.4, 0.5) is 0 Å². The normalized spacial score (nSPS) is 18.2. The van der Waals surface area contributed by atoms with Gasteiger partial charge in [0, 0.05) is 18.3 Å². The fourth-order valence-electron chi connectivity index (χ4n) is 3.26. The van der Waals surface area contributed by atoms with Crippen molar-refractivity contribution >= 4 is 17.2 Å². The molecule has 0 radical (unpaired) electrons. The lowest BCUT2D eigenvalue weighted by atomic mass is 9.96. The molecule has 1 aromatic heterocycles. The van der Waals surface area contributed by atoms with E-state index in [-0.39, 0.29) is 11.9 Å². The number of likely N-dealkylation sites (tertiary alicyclic amines) is 1. The lowest BCUT2D eigenvalue weighted by molar-refractivity contribution is 0.000145. The molecule has 1 fully saturated rings. The van der Waals surface area contributed by atoms with Crippen molar-refractivity contribution in [1.82, 2.24) is 9.88 Å². The van der Waals surface area contributed by atoms with Crippen LogP contribution in [0.3, 0.4) is 0 Å². The standard InChI is InChI=1S/C19H24N2O2S/c1-13-6-8-14(9-7-13)11-17-20-15(12-24-17)18(22)21-10-4-5-16(21)19(2,3)23/h6-9,12,16,23H,4-5,10-11H2,1-3H3. The van der Waals surface area contributed by atoms with Gasteiger partial charge in [0.1, 0.15) is 5.69 Å². The molecule has 2 aromatic rings. The molecular formula is C19H24N2O2S. The Bertz CT molecular complexity index is 716. The van der Waals surface area contributed by atoms with Crippen LogP contribution in [0.2, 0.25) is 0 Å². The van der Waals surface area contributed by atoms with Gasteiger partial charge in [-0.05, 0) is 39.2 Å². The third-order valence-electron chi connectivity index (χ3n) is 4.58. The Hall–Kier alpha value is -1.72. The molecule has 1 amide bonds. The average Bonchev–Trinajstić information content (AvgIpc) is 3.17. The van der Waals surface area contributed by atoms with Gasteiger partial charge in [-0.1, -0.05) is 29.8 Å². The number of hydrogen-bond acceptors (Lipinski definition) is 4. The second kappa shape index (κ2) is 6.65. The highest BCUT2D eigenvalue weighted by atomic mass is 32.1. The van der Waals surface area contributed by atoms with Gasteiger partial charge in [-0.3, -0.25) is 4.79 Å². The van der Waals surface area contributed by atoms with Gasteiger partial charge in [0.25, 0.3) is 5.91 Å². The zero-order valence-corrected chi connectivity index (χ0v) is 15.3. The molecule has 0 aliphatic carbocycles. The molecule has 4 nitrogen and oxygen atoms in total. The number of hydrogen-bond donors (Lipinski definition) is 1. The largest absolute Gasteiger partial charge is 0.388 e. The van der Waals surface area contributed by atoms with Crippen molar-refractivity contribution in [3.05, 3.63) is 51.5 Å². The molecule has 1 atom stereocenters. The first-order valence-electron chi connectivity index (χ1n) is 8.38. The van der Waals surface area contributed by atoms with Crippen molar-refractivity contribution in [3.8, 4) is 0 Å². The second-order valence-corrected chi connectivity index (χ2v) is 8.04. The Kier molecular flexibility index (Phi) is 4.74. The third kappa shape index (κ3) is 3.68. The molecule has 24 heavy (non-hydrogen) atoms. The highest BCUT2D eigenvalue weighted by Gasteiger charge is 2.39. The molecular weight excluding hydrogens is 320 g/mol. The molecule has 1 saturated heterocycles. The van der Waals surface area contributed by atoms with Gasteiger partial charge in [0.2, 0.25) is 0 Å². The number of benzene rings is 1. The molecule has 0 saturated carbocycles. The van der Waals surface area contributed by atoms with E-state index in [1.807, 2.05) is 5.38 Å². The molecule has 0 spiro atoms. The molecule has 1 aliphatic rings. The van der Waals surface area contributed by atoms with E-state index in [0.717, 1.165) is 24.3 Å². The molecule has 1 aromatic carbocycles. The molecule has 2 heterocycles. The number of aromatic nitrogens is 1. The first kappa shape index (κ1) is 17.1. The second-order valence-electron chi connectivity index (χ2n) is 7.10. The Morgan fingerprint density at radius 2 is 2.08 bits per heavy atom. The van der Waals surface area contributed by atoms with Crippen LogP contribution in [0.15, 0.2) is 29.6 Å². The third-order valence-corrected chi connectivity index (χ3v) is 5.42. The summed E-state index contributed by atoms with van der Waals surface area (Å²) in [7, 11) is 0. The molecule has 3 rings (SSSR count). The fraction of sp³-hybridized carbons (Fsp3) is 0.474. The van der Waals surface area contributed by atoms with E-state index < -0.39 is 5.60 Å². The summed E-state index contributed by atoms with van der Waals surface area (Å²) in [6.07, 6.45) is 2.52. The molecule has 1 unspecified atom stereocenters. The van der Waals surface area contributed by atoms with Crippen molar-refractivity contribution < 1.29 is 9.90 Å². The van der Waals surface area contributed by atoms with Crippen LogP contribution in [-0.2, 0) is 6.42 Å². The van der Waals surface area contributed by atoms with Gasteiger partial charge < -0.3 is 10.0 Å². The van der Waals surface area contributed by atoms with Gasteiger partial charge in [0.05, 0.1) is 16.7 Å². The fourth-order valence-corrected chi connectivity index (χ4v) is 4.06. The van der Waals surface area contributed by atoms with Gasteiger partial charge in [-0.15, -0.1) is 11.3 Å². The summed E-state index contributed by atoms with van der Waals surface area (Å²) >= 11 is 1.52. The summed E-state index contributed by atoms with van der Waals surface area (Å²) < 4.78 is 0. The zero-order valence-electron chi connectivity index (χ0n) is 14.5. The minimum atomic E-state index is -0.882. The van der Waals surface area contributed by atoms with Crippen LogP contribution in [0, 0.1) is 6.92 Å². The Labute approximate surface area is 147 Å². The Balaban J connectivity index is 1.73. The summed E-state index contributed by atoms with van der Waals surface area (Å²) in [4.78, 5) is 19.1. The maximum atomic E-state index is 12.8. The first-order valence-corrected chi connectivity index (χ1v) is 9.26. The predicted molar refractivity (Wildman–Crippen MR) is 96.5 cm³/mol. The number of aliphatic hydroxyl groups is 1.